The van der Waals surface area contributed by atoms with Crippen molar-refractivity contribution in [3.8, 4) is 0 Å². The van der Waals surface area contributed by atoms with Crippen molar-refractivity contribution in [3.05, 3.63) is 46.6 Å². The summed E-state index contributed by atoms with van der Waals surface area (Å²) in [4.78, 5) is 6.39. The highest BCUT2D eigenvalue weighted by Gasteiger charge is 2.09. The lowest BCUT2D eigenvalue weighted by molar-refractivity contribution is 0.461. The normalized spacial score (nSPS) is 11.1. The van der Waals surface area contributed by atoms with E-state index in [2.05, 4.69) is 41.8 Å². The third-order valence-corrected chi connectivity index (χ3v) is 3.51. The summed E-state index contributed by atoms with van der Waals surface area (Å²) in [5, 5.41) is 3.31. The average Bonchev–Trinajstić information content (AvgIpc) is 3.01. The van der Waals surface area contributed by atoms with Crippen molar-refractivity contribution in [2.75, 3.05) is 14.1 Å². The zero-order valence-electron chi connectivity index (χ0n) is 12.3. The van der Waals surface area contributed by atoms with E-state index in [1.807, 2.05) is 26.4 Å². The Morgan fingerprint density at radius 2 is 2.29 bits per heavy atom. The van der Waals surface area contributed by atoms with E-state index in [1.54, 1.807) is 19.6 Å². The summed E-state index contributed by atoms with van der Waals surface area (Å²) in [7, 11) is 5.84. The highest BCUT2D eigenvalue weighted by molar-refractivity contribution is 14.0. The Labute approximate surface area is 150 Å². The predicted molar refractivity (Wildman–Crippen MR) is 98.9 cm³/mol. The first kappa shape index (κ1) is 18.1. The molecule has 0 unspecified atom stereocenters. The van der Waals surface area contributed by atoms with Gasteiger partial charge in [0.2, 0.25) is 0 Å². The van der Waals surface area contributed by atoms with Crippen LogP contribution in [0, 0.1) is 0 Å². The number of furan rings is 1. The summed E-state index contributed by atoms with van der Waals surface area (Å²) >= 11 is 3.49. The lowest BCUT2D eigenvalue weighted by atomic mass is 10.3. The minimum atomic E-state index is 0. The van der Waals surface area contributed by atoms with Crippen molar-refractivity contribution < 1.29 is 4.42 Å². The standard InChI is InChI=1S/C14H19BrN4O.HI/c1-16-14(17-7-11-4-5-20-10-11)19(3)9-13-6-12(15)8-18(13)2;/h4-6,8,10H,7,9H2,1-3H3,(H,16,17);1H. The number of rotatable bonds is 4. The summed E-state index contributed by atoms with van der Waals surface area (Å²) in [6.07, 6.45) is 5.45. The topological polar surface area (TPSA) is 45.7 Å². The molecule has 2 aromatic heterocycles. The second-order valence-electron chi connectivity index (χ2n) is 4.65. The molecule has 0 bridgehead atoms. The van der Waals surface area contributed by atoms with Gasteiger partial charge in [0.05, 0.1) is 19.1 Å². The van der Waals surface area contributed by atoms with Crippen LogP contribution in [-0.2, 0) is 20.1 Å². The Balaban J connectivity index is 0.00000220. The number of halogens is 2. The summed E-state index contributed by atoms with van der Waals surface area (Å²) in [5.74, 6) is 0.850. The molecule has 0 atom stereocenters. The molecule has 0 fully saturated rings. The van der Waals surface area contributed by atoms with Gasteiger partial charge in [-0.25, -0.2) is 0 Å². The van der Waals surface area contributed by atoms with E-state index < -0.39 is 0 Å². The number of guanidine groups is 1. The van der Waals surface area contributed by atoms with Gasteiger partial charge in [-0.05, 0) is 28.1 Å². The quantitative estimate of drug-likeness (QED) is 0.427. The van der Waals surface area contributed by atoms with Crippen LogP contribution in [0.2, 0.25) is 0 Å². The van der Waals surface area contributed by atoms with E-state index >= 15 is 0 Å². The Bertz CT molecular complexity index is 580. The molecule has 21 heavy (non-hydrogen) atoms. The second-order valence-corrected chi connectivity index (χ2v) is 5.56. The molecule has 2 aromatic rings. The fourth-order valence-electron chi connectivity index (χ4n) is 2.00. The van der Waals surface area contributed by atoms with Crippen LogP contribution in [0.1, 0.15) is 11.3 Å². The van der Waals surface area contributed by atoms with Crippen LogP contribution in [0.15, 0.2) is 44.7 Å². The van der Waals surface area contributed by atoms with Crippen LogP contribution < -0.4 is 5.32 Å². The summed E-state index contributed by atoms with van der Waals surface area (Å²) < 4.78 is 8.24. The second kappa shape index (κ2) is 8.47. The van der Waals surface area contributed by atoms with Gasteiger partial charge in [0.1, 0.15) is 0 Å². The number of nitrogens with zero attached hydrogens (tertiary/aromatic N) is 3. The van der Waals surface area contributed by atoms with Crippen molar-refractivity contribution >= 4 is 45.9 Å². The molecule has 0 aliphatic heterocycles. The monoisotopic (exact) mass is 466 g/mol. The lowest BCUT2D eigenvalue weighted by Crippen LogP contribution is -2.38. The molecule has 7 heteroatoms. The molecule has 0 aromatic carbocycles. The Morgan fingerprint density at radius 3 is 2.81 bits per heavy atom. The van der Waals surface area contributed by atoms with Crippen molar-refractivity contribution in [1.29, 1.82) is 0 Å². The molecule has 2 heterocycles. The van der Waals surface area contributed by atoms with E-state index in [0.717, 1.165) is 22.5 Å². The number of aliphatic imine (C=N–C) groups is 1. The highest BCUT2D eigenvalue weighted by Crippen LogP contribution is 2.15. The number of hydrogen-bond acceptors (Lipinski definition) is 2. The Kier molecular flexibility index (Phi) is 7.30. The van der Waals surface area contributed by atoms with E-state index in [1.165, 1.54) is 5.69 Å². The zero-order chi connectivity index (χ0) is 14.5. The van der Waals surface area contributed by atoms with Gasteiger partial charge in [-0.2, -0.15) is 0 Å². The van der Waals surface area contributed by atoms with Gasteiger partial charge in [0, 0.05) is 49.6 Å². The van der Waals surface area contributed by atoms with Crippen molar-refractivity contribution in [2.24, 2.45) is 12.0 Å². The smallest absolute Gasteiger partial charge is 0.194 e. The van der Waals surface area contributed by atoms with Gasteiger partial charge in [-0.3, -0.25) is 4.99 Å². The minimum absolute atomic E-state index is 0. The summed E-state index contributed by atoms with van der Waals surface area (Å²) in [6, 6.07) is 4.05. The SMILES string of the molecule is CN=C(NCc1ccoc1)N(C)Cc1cc(Br)cn1C.I. The average molecular weight is 467 g/mol. The van der Waals surface area contributed by atoms with Gasteiger partial charge in [-0.15, -0.1) is 24.0 Å². The van der Waals surface area contributed by atoms with E-state index in [4.69, 9.17) is 4.42 Å². The maximum Gasteiger partial charge on any atom is 0.194 e. The van der Waals surface area contributed by atoms with E-state index in [0.29, 0.717) is 6.54 Å². The highest BCUT2D eigenvalue weighted by atomic mass is 127. The number of nitrogens with one attached hydrogen (secondary N) is 1. The first-order chi connectivity index (χ1) is 9.60. The largest absolute Gasteiger partial charge is 0.472 e. The van der Waals surface area contributed by atoms with Gasteiger partial charge >= 0.3 is 0 Å². The fourth-order valence-corrected chi connectivity index (χ4v) is 2.57. The third kappa shape index (κ3) is 5.06. The first-order valence-electron chi connectivity index (χ1n) is 6.33. The molecule has 5 nitrogen and oxygen atoms in total. The van der Waals surface area contributed by atoms with Crippen molar-refractivity contribution in [1.82, 2.24) is 14.8 Å². The Morgan fingerprint density at radius 1 is 1.52 bits per heavy atom. The molecule has 0 radical (unpaired) electrons. The van der Waals surface area contributed by atoms with Gasteiger partial charge < -0.3 is 19.2 Å². The molecule has 0 aliphatic carbocycles. The lowest BCUT2D eigenvalue weighted by Gasteiger charge is -2.22. The van der Waals surface area contributed by atoms with Crippen molar-refractivity contribution in [3.63, 3.8) is 0 Å². The van der Waals surface area contributed by atoms with Crippen molar-refractivity contribution in [2.45, 2.75) is 13.1 Å². The molecule has 0 aliphatic rings. The number of hydrogen-bond donors (Lipinski definition) is 1. The van der Waals surface area contributed by atoms with Crippen LogP contribution in [0.25, 0.3) is 0 Å². The molecular weight excluding hydrogens is 447 g/mol. The van der Waals surface area contributed by atoms with E-state index in [9.17, 15) is 0 Å². The molecule has 1 N–H and O–H groups in total. The summed E-state index contributed by atoms with van der Waals surface area (Å²) in [5.41, 5.74) is 2.31. The number of aryl methyl sites for hydroxylation is 1. The van der Waals surface area contributed by atoms with Gasteiger partial charge in [-0.1, -0.05) is 0 Å². The minimum Gasteiger partial charge on any atom is -0.472 e. The van der Waals surface area contributed by atoms with Crippen LogP contribution >= 0.6 is 39.9 Å². The third-order valence-electron chi connectivity index (χ3n) is 3.08. The van der Waals surface area contributed by atoms with Gasteiger partial charge in [0.25, 0.3) is 0 Å². The molecule has 0 saturated carbocycles. The molecule has 2 rings (SSSR count). The summed E-state index contributed by atoms with van der Waals surface area (Å²) in [6.45, 7) is 1.48. The molecule has 0 amide bonds. The molecule has 0 spiro atoms. The first-order valence-corrected chi connectivity index (χ1v) is 7.13. The predicted octanol–water partition coefficient (Wildman–Crippen LogP) is 3.21. The Hall–Kier alpha value is -0.960. The van der Waals surface area contributed by atoms with Crippen LogP contribution in [0.5, 0.6) is 0 Å². The van der Waals surface area contributed by atoms with E-state index in [-0.39, 0.29) is 24.0 Å². The van der Waals surface area contributed by atoms with Crippen LogP contribution in [0.4, 0.5) is 0 Å². The maximum atomic E-state index is 5.05. The fraction of sp³-hybridized carbons (Fsp3) is 0.357. The molecular formula is C14H20BrIN4O. The number of aromatic nitrogens is 1. The molecule has 0 saturated heterocycles. The van der Waals surface area contributed by atoms with Gasteiger partial charge in [0.15, 0.2) is 5.96 Å². The van der Waals surface area contributed by atoms with Crippen LogP contribution in [-0.4, -0.2) is 29.5 Å². The zero-order valence-corrected chi connectivity index (χ0v) is 16.3. The maximum absolute atomic E-state index is 5.05. The van der Waals surface area contributed by atoms with Crippen LogP contribution in [0.3, 0.4) is 0 Å². The molecule has 116 valence electrons.